The lowest BCUT2D eigenvalue weighted by molar-refractivity contribution is -0.145. The number of carboxylic acids is 1. The third-order valence-electron chi connectivity index (χ3n) is 6.21. The predicted octanol–water partition coefficient (Wildman–Crippen LogP) is -1.97. The van der Waals surface area contributed by atoms with Crippen molar-refractivity contribution in [3.63, 3.8) is 0 Å². The van der Waals surface area contributed by atoms with Gasteiger partial charge in [0.25, 0.3) is 0 Å². The fourth-order valence-corrected chi connectivity index (χ4v) is 5.03. The van der Waals surface area contributed by atoms with Crippen molar-refractivity contribution in [3.05, 3.63) is 0 Å². The van der Waals surface area contributed by atoms with Gasteiger partial charge in [-0.2, -0.15) is 24.4 Å². The average molecular weight is 534 g/mol. The summed E-state index contributed by atoms with van der Waals surface area (Å²) in [6, 6.07) is -4.87. The van der Waals surface area contributed by atoms with Gasteiger partial charge in [-0.3, -0.25) is 19.2 Å². The zero-order chi connectivity index (χ0) is 26.1. The van der Waals surface area contributed by atoms with Crippen LogP contribution in [0.1, 0.15) is 32.1 Å². The minimum atomic E-state index is -1.14. The van der Waals surface area contributed by atoms with E-state index in [2.05, 4.69) is 23.3 Å². The molecule has 6 N–H and O–H groups in total. The topological polar surface area (TPSA) is 182 Å². The number of aliphatic hydroxyl groups is 1. The summed E-state index contributed by atoms with van der Waals surface area (Å²) in [5.74, 6) is -2.72. The van der Waals surface area contributed by atoms with Crippen LogP contribution in [0.4, 0.5) is 0 Å². The SMILES string of the molecule is CSCC[C@H](NC(=O)[C@@H]1CCCN1C(=O)[C@H](CS)NC(=O)[C@@H]1CCCN1C(=O)[C@@H](N)CO)C(=O)O. The van der Waals surface area contributed by atoms with Crippen LogP contribution in [0.15, 0.2) is 0 Å². The summed E-state index contributed by atoms with van der Waals surface area (Å²) in [6.45, 7) is 0.0681. The zero-order valence-electron chi connectivity index (χ0n) is 19.7. The molecule has 2 fully saturated rings. The second kappa shape index (κ2) is 13.9. The lowest BCUT2D eigenvalue weighted by Gasteiger charge is -2.31. The maximum Gasteiger partial charge on any atom is 0.326 e. The molecule has 0 saturated carbocycles. The fourth-order valence-electron chi connectivity index (χ4n) is 4.31. The molecule has 2 rings (SSSR count). The minimum absolute atomic E-state index is 0.0301. The molecule has 35 heavy (non-hydrogen) atoms. The highest BCUT2D eigenvalue weighted by molar-refractivity contribution is 7.98. The quantitative estimate of drug-likeness (QED) is 0.155. The number of hydrogen-bond acceptors (Lipinski definition) is 9. The molecule has 0 aromatic carbocycles. The summed E-state index contributed by atoms with van der Waals surface area (Å²) in [5.41, 5.74) is 5.62. The van der Waals surface area contributed by atoms with E-state index >= 15 is 0 Å². The first kappa shape index (κ1) is 29.2. The van der Waals surface area contributed by atoms with Gasteiger partial charge in [-0.25, -0.2) is 4.79 Å². The molecule has 0 radical (unpaired) electrons. The summed E-state index contributed by atoms with van der Waals surface area (Å²) in [7, 11) is 0. The molecule has 2 heterocycles. The number of carboxylic acid groups (broad SMARTS) is 1. The normalized spacial score (nSPS) is 22.4. The Kier molecular flexibility index (Phi) is 11.6. The number of aliphatic hydroxyl groups excluding tert-OH is 1. The lowest BCUT2D eigenvalue weighted by Crippen LogP contribution is -2.58. The first-order valence-electron chi connectivity index (χ1n) is 11.6. The Balaban J connectivity index is 2.05. The summed E-state index contributed by atoms with van der Waals surface area (Å²) in [5, 5.41) is 23.7. The molecule has 0 aliphatic carbocycles. The van der Waals surface area contributed by atoms with Crippen LogP contribution in [-0.4, -0.2) is 117 Å². The molecular weight excluding hydrogens is 498 g/mol. The van der Waals surface area contributed by atoms with Crippen molar-refractivity contribution < 1.29 is 34.2 Å². The van der Waals surface area contributed by atoms with Gasteiger partial charge >= 0.3 is 5.97 Å². The number of likely N-dealkylation sites (tertiary alicyclic amines) is 2. The van der Waals surface area contributed by atoms with Crippen LogP contribution in [0, 0.1) is 0 Å². The Morgan fingerprint density at radius 3 is 1.97 bits per heavy atom. The molecule has 0 spiro atoms. The van der Waals surface area contributed by atoms with Crippen molar-refractivity contribution in [3.8, 4) is 0 Å². The van der Waals surface area contributed by atoms with E-state index in [9.17, 15) is 29.1 Å². The summed E-state index contributed by atoms with van der Waals surface area (Å²) in [6.07, 6.45) is 4.01. The number of aliphatic carboxylic acids is 1. The summed E-state index contributed by atoms with van der Waals surface area (Å²) < 4.78 is 0. The number of thiol groups is 1. The number of hydrogen-bond donors (Lipinski definition) is 6. The number of carbonyl (C=O) groups is 5. The second-order valence-corrected chi connectivity index (χ2v) is 9.94. The third-order valence-corrected chi connectivity index (χ3v) is 7.22. The summed E-state index contributed by atoms with van der Waals surface area (Å²) >= 11 is 5.67. The molecule has 4 amide bonds. The molecule has 198 valence electrons. The predicted molar refractivity (Wildman–Crippen MR) is 133 cm³/mol. The Morgan fingerprint density at radius 2 is 1.51 bits per heavy atom. The fraction of sp³-hybridized carbons (Fsp3) is 0.762. The standard InChI is InChI=1S/C21H35N5O7S2/c1-35-9-6-13(21(32)33)23-17(28)16-5-3-8-26(16)20(31)14(11-34)24-18(29)15-4-2-7-25(15)19(30)12(22)10-27/h12-16,27,34H,2-11,22H2,1H3,(H,23,28)(H,24,29)(H,32,33)/t12-,13-,14-,15-,16-/m0/s1. The minimum Gasteiger partial charge on any atom is -0.480 e. The molecular formula is C21H35N5O7S2. The highest BCUT2D eigenvalue weighted by Crippen LogP contribution is 2.21. The molecule has 14 heteroatoms. The van der Waals surface area contributed by atoms with Crippen LogP contribution in [-0.2, 0) is 24.0 Å². The van der Waals surface area contributed by atoms with E-state index in [-0.39, 0.29) is 12.2 Å². The Labute approximate surface area is 214 Å². The molecule has 2 aliphatic rings. The van der Waals surface area contributed by atoms with Crippen molar-refractivity contribution in [2.24, 2.45) is 5.73 Å². The number of amides is 4. The van der Waals surface area contributed by atoms with E-state index in [1.807, 2.05) is 6.26 Å². The van der Waals surface area contributed by atoms with Crippen LogP contribution < -0.4 is 16.4 Å². The van der Waals surface area contributed by atoms with Crippen molar-refractivity contribution in [1.29, 1.82) is 0 Å². The van der Waals surface area contributed by atoms with Crippen LogP contribution in [0.2, 0.25) is 0 Å². The van der Waals surface area contributed by atoms with E-state index in [1.54, 1.807) is 0 Å². The van der Waals surface area contributed by atoms with E-state index < -0.39 is 66.4 Å². The maximum absolute atomic E-state index is 13.2. The molecule has 0 bridgehead atoms. The van der Waals surface area contributed by atoms with Gasteiger partial charge in [0, 0.05) is 18.8 Å². The molecule has 0 aromatic heterocycles. The Bertz CT molecular complexity index is 802. The number of nitrogens with two attached hydrogens (primary N) is 1. The smallest absolute Gasteiger partial charge is 0.326 e. The maximum atomic E-state index is 13.2. The Morgan fingerprint density at radius 1 is 1.00 bits per heavy atom. The highest BCUT2D eigenvalue weighted by Gasteiger charge is 2.41. The molecule has 5 atom stereocenters. The van der Waals surface area contributed by atoms with Gasteiger partial charge in [0.05, 0.1) is 6.61 Å². The number of nitrogens with one attached hydrogen (secondary N) is 2. The van der Waals surface area contributed by atoms with Crippen molar-refractivity contribution in [2.75, 3.05) is 37.5 Å². The van der Waals surface area contributed by atoms with E-state index in [1.165, 1.54) is 21.6 Å². The molecule has 12 nitrogen and oxygen atoms in total. The zero-order valence-corrected chi connectivity index (χ0v) is 21.4. The summed E-state index contributed by atoms with van der Waals surface area (Å²) in [4.78, 5) is 65.5. The molecule has 0 aromatic rings. The number of rotatable bonds is 12. The van der Waals surface area contributed by atoms with Gasteiger partial charge in [-0.05, 0) is 44.1 Å². The largest absolute Gasteiger partial charge is 0.480 e. The first-order chi connectivity index (χ1) is 16.7. The van der Waals surface area contributed by atoms with Crippen molar-refractivity contribution >= 4 is 54.0 Å². The monoisotopic (exact) mass is 533 g/mol. The van der Waals surface area contributed by atoms with Gasteiger partial charge < -0.3 is 36.4 Å². The van der Waals surface area contributed by atoms with Gasteiger partial charge in [0.1, 0.15) is 30.2 Å². The number of thioether (sulfide) groups is 1. The number of carbonyl (C=O) groups excluding carboxylic acids is 4. The molecule has 2 saturated heterocycles. The molecule has 0 unspecified atom stereocenters. The first-order valence-corrected chi connectivity index (χ1v) is 13.6. The van der Waals surface area contributed by atoms with E-state index in [0.29, 0.717) is 44.5 Å². The molecule has 2 aliphatic heterocycles. The van der Waals surface area contributed by atoms with Crippen LogP contribution >= 0.6 is 24.4 Å². The van der Waals surface area contributed by atoms with Crippen molar-refractivity contribution in [2.45, 2.75) is 62.3 Å². The van der Waals surface area contributed by atoms with Crippen LogP contribution in [0.25, 0.3) is 0 Å². The van der Waals surface area contributed by atoms with Gasteiger partial charge in [0.2, 0.25) is 23.6 Å². The van der Waals surface area contributed by atoms with Crippen LogP contribution in [0.3, 0.4) is 0 Å². The third kappa shape index (κ3) is 7.48. The number of nitrogens with zero attached hydrogens (tertiary/aromatic N) is 2. The van der Waals surface area contributed by atoms with Crippen LogP contribution in [0.5, 0.6) is 0 Å². The lowest BCUT2D eigenvalue weighted by atomic mass is 10.1. The van der Waals surface area contributed by atoms with Gasteiger partial charge in [-0.1, -0.05) is 0 Å². The van der Waals surface area contributed by atoms with E-state index in [0.717, 1.165) is 0 Å². The average Bonchev–Trinajstić information content (AvgIpc) is 3.53. The Hall–Kier alpha value is -2.03. The second-order valence-electron chi connectivity index (χ2n) is 8.59. The van der Waals surface area contributed by atoms with E-state index in [4.69, 9.17) is 10.8 Å². The van der Waals surface area contributed by atoms with Gasteiger partial charge in [-0.15, -0.1) is 0 Å². The van der Waals surface area contributed by atoms with Gasteiger partial charge in [0.15, 0.2) is 0 Å². The van der Waals surface area contributed by atoms with Crippen molar-refractivity contribution in [1.82, 2.24) is 20.4 Å². The highest BCUT2D eigenvalue weighted by atomic mass is 32.2.